The number of carbonyl (C=O) groups excluding carboxylic acids is 2. The summed E-state index contributed by atoms with van der Waals surface area (Å²) < 4.78 is 0. The van der Waals surface area contributed by atoms with E-state index in [1.54, 1.807) is 48.4 Å². The highest BCUT2D eigenvalue weighted by molar-refractivity contribution is 7.98. The number of nitrogens with zero attached hydrogens (tertiary/aromatic N) is 1. The topological polar surface area (TPSA) is 71.1 Å². The van der Waals surface area contributed by atoms with Gasteiger partial charge in [-0.05, 0) is 59.7 Å². The first-order chi connectivity index (χ1) is 14.1. The zero-order valence-electron chi connectivity index (χ0n) is 15.3. The van der Waals surface area contributed by atoms with Crippen molar-refractivity contribution in [1.29, 1.82) is 0 Å². The van der Waals surface area contributed by atoms with E-state index in [2.05, 4.69) is 15.8 Å². The lowest BCUT2D eigenvalue weighted by atomic mass is 10.1. The molecule has 0 spiro atoms. The maximum Gasteiger partial charge on any atom is 0.269 e. The molecule has 3 aromatic rings. The number of aromatic nitrogens is 1. The van der Waals surface area contributed by atoms with Crippen LogP contribution in [0.25, 0.3) is 6.08 Å². The highest BCUT2D eigenvalue weighted by atomic mass is 35.5. The summed E-state index contributed by atoms with van der Waals surface area (Å²) in [6.07, 6.45) is 6.23. The van der Waals surface area contributed by atoms with Crippen molar-refractivity contribution < 1.29 is 9.59 Å². The second-order valence-corrected chi connectivity index (χ2v) is 7.49. The molecule has 0 fully saturated rings. The first kappa shape index (κ1) is 20.6. The zero-order chi connectivity index (χ0) is 20.5. The van der Waals surface area contributed by atoms with E-state index >= 15 is 0 Å². The molecule has 29 heavy (non-hydrogen) atoms. The Kier molecular flexibility index (Phi) is 7.44. The fourth-order valence-corrected chi connectivity index (χ4v) is 3.31. The number of pyridine rings is 1. The van der Waals surface area contributed by atoms with Gasteiger partial charge in [0.2, 0.25) is 0 Å². The summed E-state index contributed by atoms with van der Waals surface area (Å²) in [7, 11) is 0. The van der Waals surface area contributed by atoms with Crippen LogP contribution < -0.4 is 10.9 Å². The number of halogens is 1. The number of amides is 2. The van der Waals surface area contributed by atoms with Crippen LogP contribution in [-0.4, -0.2) is 16.8 Å². The quantitative estimate of drug-likeness (QED) is 0.348. The molecule has 0 aliphatic rings. The molecule has 0 saturated carbocycles. The number of hydrogen-bond donors (Lipinski definition) is 2. The lowest BCUT2D eigenvalue weighted by Crippen LogP contribution is -2.40. The second-order valence-electron chi connectivity index (χ2n) is 6.00. The van der Waals surface area contributed by atoms with Crippen molar-refractivity contribution in [1.82, 2.24) is 15.8 Å². The van der Waals surface area contributed by atoms with Gasteiger partial charge < -0.3 is 0 Å². The van der Waals surface area contributed by atoms with E-state index in [1.165, 1.54) is 6.08 Å². The third-order valence-corrected chi connectivity index (χ3v) is 5.18. The smallest absolute Gasteiger partial charge is 0.268 e. The molecule has 5 nitrogen and oxygen atoms in total. The van der Waals surface area contributed by atoms with Gasteiger partial charge in [-0.2, -0.15) is 0 Å². The zero-order valence-corrected chi connectivity index (χ0v) is 16.9. The van der Waals surface area contributed by atoms with Crippen molar-refractivity contribution in [2.24, 2.45) is 0 Å². The molecule has 1 aromatic heterocycles. The summed E-state index contributed by atoms with van der Waals surface area (Å²) in [4.78, 5) is 29.1. The Hall–Kier alpha value is -3.09. The van der Waals surface area contributed by atoms with Crippen LogP contribution in [0.2, 0.25) is 5.02 Å². The van der Waals surface area contributed by atoms with Crippen molar-refractivity contribution in [2.45, 2.75) is 10.6 Å². The van der Waals surface area contributed by atoms with Gasteiger partial charge in [-0.3, -0.25) is 25.4 Å². The second kappa shape index (κ2) is 10.5. The van der Waals surface area contributed by atoms with Crippen LogP contribution in [0.5, 0.6) is 0 Å². The van der Waals surface area contributed by atoms with Crippen LogP contribution in [0.3, 0.4) is 0 Å². The van der Waals surface area contributed by atoms with Crippen molar-refractivity contribution in [3.05, 3.63) is 101 Å². The van der Waals surface area contributed by atoms with E-state index in [4.69, 9.17) is 11.6 Å². The number of nitrogens with one attached hydrogen (secondary N) is 2. The monoisotopic (exact) mass is 423 g/mol. The highest BCUT2D eigenvalue weighted by Gasteiger charge is 2.06. The minimum absolute atomic E-state index is 0.384. The standard InChI is InChI=1S/C22H18ClN3O2S/c23-19-8-10-20(11-9-19)29-15-17-3-6-18(7-4-17)22(28)26-25-21(27)12-5-16-2-1-13-24-14-16/h1-14H,15H2,(H,25,27)(H,26,28)/b12-5+. The van der Waals surface area contributed by atoms with E-state index < -0.39 is 5.91 Å². The van der Waals surface area contributed by atoms with Crippen LogP contribution in [0.4, 0.5) is 0 Å². The molecule has 0 unspecified atom stereocenters. The van der Waals surface area contributed by atoms with Crippen LogP contribution >= 0.6 is 23.4 Å². The lowest BCUT2D eigenvalue weighted by Gasteiger charge is -2.07. The van der Waals surface area contributed by atoms with Gasteiger partial charge in [0.25, 0.3) is 11.8 Å². The first-order valence-corrected chi connectivity index (χ1v) is 10.1. The average molecular weight is 424 g/mol. The van der Waals surface area contributed by atoms with Crippen molar-refractivity contribution in [3.63, 3.8) is 0 Å². The number of rotatable bonds is 6. The van der Waals surface area contributed by atoms with E-state index in [-0.39, 0.29) is 5.91 Å². The molecule has 1 heterocycles. The van der Waals surface area contributed by atoms with Gasteiger partial charge in [-0.15, -0.1) is 11.8 Å². The summed E-state index contributed by atoms with van der Waals surface area (Å²) in [5.74, 6) is -0.0393. The predicted molar refractivity (Wildman–Crippen MR) is 116 cm³/mol. The molecule has 2 N–H and O–H groups in total. The molecule has 0 radical (unpaired) electrons. The lowest BCUT2D eigenvalue weighted by molar-refractivity contribution is -0.117. The predicted octanol–water partition coefficient (Wildman–Crippen LogP) is 4.50. The van der Waals surface area contributed by atoms with Crippen LogP contribution in [-0.2, 0) is 10.5 Å². The Morgan fingerprint density at radius 2 is 1.76 bits per heavy atom. The molecule has 0 atom stereocenters. The third kappa shape index (κ3) is 6.78. The summed E-state index contributed by atoms with van der Waals surface area (Å²) >= 11 is 7.57. The van der Waals surface area contributed by atoms with Gasteiger partial charge in [0.1, 0.15) is 0 Å². The van der Waals surface area contributed by atoms with E-state index in [0.29, 0.717) is 10.6 Å². The van der Waals surface area contributed by atoms with Crippen molar-refractivity contribution in [2.75, 3.05) is 0 Å². The maximum atomic E-state index is 12.2. The van der Waals surface area contributed by atoms with Crippen LogP contribution in [0, 0.1) is 0 Å². The minimum Gasteiger partial charge on any atom is -0.268 e. The highest BCUT2D eigenvalue weighted by Crippen LogP contribution is 2.24. The van der Waals surface area contributed by atoms with Gasteiger partial charge in [0, 0.05) is 39.7 Å². The van der Waals surface area contributed by atoms with Gasteiger partial charge in [-0.25, -0.2) is 0 Å². The van der Waals surface area contributed by atoms with E-state index in [0.717, 1.165) is 21.8 Å². The molecule has 0 bridgehead atoms. The number of carbonyl (C=O) groups is 2. The first-order valence-electron chi connectivity index (χ1n) is 8.76. The molecule has 0 saturated heterocycles. The Morgan fingerprint density at radius 3 is 2.45 bits per heavy atom. The number of benzene rings is 2. The average Bonchev–Trinajstić information content (AvgIpc) is 2.76. The molecular weight excluding hydrogens is 406 g/mol. The molecule has 3 rings (SSSR count). The summed E-state index contributed by atoms with van der Waals surface area (Å²) in [5, 5.41) is 0.712. The molecule has 146 valence electrons. The fourth-order valence-electron chi connectivity index (χ4n) is 2.33. The summed E-state index contributed by atoms with van der Waals surface area (Å²) in [6, 6.07) is 18.5. The fraction of sp³-hybridized carbons (Fsp3) is 0.0455. The third-order valence-electron chi connectivity index (χ3n) is 3.85. The SMILES string of the molecule is O=C(/C=C/c1cccnc1)NNC(=O)c1ccc(CSc2ccc(Cl)cc2)cc1. The minimum atomic E-state index is -0.432. The molecule has 2 amide bonds. The van der Waals surface area contributed by atoms with Crippen LogP contribution in [0.15, 0.2) is 84.0 Å². The Labute approximate surface area is 178 Å². The summed E-state index contributed by atoms with van der Waals surface area (Å²) in [5.41, 5.74) is 7.09. The van der Waals surface area contributed by atoms with E-state index in [9.17, 15) is 9.59 Å². The normalized spacial score (nSPS) is 10.7. The van der Waals surface area contributed by atoms with Gasteiger partial charge in [0.05, 0.1) is 0 Å². The number of hydrogen-bond acceptors (Lipinski definition) is 4. The van der Waals surface area contributed by atoms with Crippen molar-refractivity contribution in [3.8, 4) is 0 Å². The van der Waals surface area contributed by atoms with Gasteiger partial charge >= 0.3 is 0 Å². The van der Waals surface area contributed by atoms with Gasteiger partial charge in [-0.1, -0.05) is 29.8 Å². The molecule has 0 aliphatic heterocycles. The molecule has 2 aromatic carbocycles. The number of thioether (sulfide) groups is 1. The molecular formula is C22H18ClN3O2S. The molecule has 7 heteroatoms. The Morgan fingerprint density at radius 1 is 1.00 bits per heavy atom. The van der Waals surface area contributed by atoms with Gasteiger partial charge in [0.15, 0.2) is 0 Å². The Balaban J connectivity index is 1.46. The molecule has 0 aliphatic carbocycles. The Bertz CT molecular complexity index is 991. The van der Waals surface area contributed by atoms with Crippen LogP contribution in [0.1, 0.15) is 21.5 Å². The van der Waals surface area contributed by atoms with Crippen molar-refractivity contribution >= 4 is 41.3 Å². The van der Waals surface area contributed by atoms with E-state index in [1.807, 2.05) is 42.5 Å². The number of hydrazine groups is 1. The maximum absolute atomic E-state index is 12.2. The summed E-state index contributed by atoms with van der Waals surface area (Å²) in [6.45, 7) is 0. The largest absolute Gasteiger partial charge is 0.269 e.